The lowest BCUT2D eigenvalue weighted by atomic mass is 10.1. The van der Waals surface area contributed by atoms with Gasteiger partial charge in [-0.1, -0.05) is 6.07 Å². The maximum absolute atomic E-state index is 12.2. The lowest BCUT2D eigenvalue weighted by molar-refractivity contribution is 0.0951. The van der Waals surface area contributed by atoms with Crippen molar-refractivity contribution < 1.29 is 14.6 Å². The minimum atomic E-state index is -0.273. The molecular weight excluding hydrogens is 304 g/mol. The summed E-state index contributed by atoms with van der Waals surface area (Å²) in [4.78, 5) is 15.4. The number of aryl methyl sites for hydroxylation is 1. The van der Waals surface area contributed by atoms with Crippen LogP contribution in [0.4, 0.5) is 0 Å². The Bertz CT molecular complexity index is 883. The van der Waals surface area contributed by atoms with Crippen molar-refractivity contribution in [1.82, 2.24) is 10.3 Å². The van der Waals surface area contributed by atoms with Crippen LogP contribution in [0.15, 0.2) is 42.6 Å². The summed E-state index contributed by atoms with van der Waals surface area (Å²) in [7, 11) is 1.64. The lowest BCUT2D eigenvalue weighted by Gasteiger charge is -2.07. The number of H-pyrrole nitrogens is 1. The zero-order chi connectivity index (χ0) is 17.1. The Kier molecular flexibility index (Phi) is 4.42. The number of hydrogen-bond acceptors (Lipinski definition) is 3. The average Bonchev–Trinajstić information content (AvgIpc) is 2.97. The summed E-state index contributed by atoms with van der Waals surface area (Å²) < 4.78 is 5.26. The van der Waals surface area contributed by atoms with Crippen LogP contribution in [0.2, 0.25) is 0 Å². The SMILES string of the molecule is COc1ccc2[nH]cc(CCNC(=O)c3ccc(C)cc3O)c2c1. The Morgan fingerprint density at radius 3 is 2.83 bits per heavy atom. The third-order valence-corrected chi connectivity index (χ3v) is 4.05. The van der Waals surface area contributed by atoms with Crippen molar-refractivity contribution >= 4 is 16.8 Å². The summed E-state index contributed by atoms with van der Waals surface area (Å²) in [6.07, 6.45) is 2.63. The number of phenols is 1. The van der Waals surface area contributed by atoms with Gasteiger partial charge in [0.25, 0.3) is 5.91 Å². The molecule has 1 aromatic heterocycles. The lowest BCUT2D eigenvalue weighted by Crippen LogP contribution is -2.25. The van der Waals surface area contributed by atoms with Gasteiger partial charge in [-0.3, -0.25) is 4.79 Å². The van der Waals surface area contributed by atoms with Gasteiger partial charge in [0.2, 0.25) is 0 Å². The van der Waals surface area contributed by atoms with Crippen LogP contribution in [0.1, 0.15) is 21.5 Å². The predicted octanol–water partition coefficient (Wildman–Crippen LogP) is 3.16. The van der Waals surface area contributed by atoms with Crippen molar-refractivity contribution in [1.29, 1.82) is 0 Å². The Labute approximate surface area is 140 Å². The molecule has 3 N–H and O–H groups in total. The fraction of sp³-hybridized carbons (Fsp3) is 0.211. The number of phenolic OH excluding ortho intramolecular Hbond substituents is 1. The summed E-state index contributed by atoms with van der Waals surface area (Å²) in [5, 5.41) is 13.8. The van der Waals surface area contributed by atoms with Crippen LogP contribution in [0.25, 0.3) is 10.9 Å². The predicted molar refractivity (Wildman–Crippen MR) is 93.7 cm³/mol. The van der Waals surface area contributed by atoms with Gasteiger partial charge in [0, 0.05) is 23.6 Å². The average molecular weight is 324 g/mol. The van der Waals surface area contributed by atoms with Gasteiger partial charge in [-0.2, -0.15) is 0 Å². The zero-order valence-electron chi connectivity index (χ0n) is 13.7. The van der Waals surface area contributed by atoms with Crippen LogP contribution in [0.5, 0.6) is 11.5 Å². The van der Waals surface area contributed by atoms with E-state index in [1.807, 2.05) is 31.3 Å². The highest BCUT2D eigenvalue weighted by atomic mass is 16.5. The molecule has 0 bridgehead atoms. The van der Waals surface area contributed by atoms with Gasteiger partial charge in [-0.25, -0.2) is 0 Å². The molecular formula is C19H20N2O3. The molecule has 0 radical (unpaired) electrons. The van der Waals surface area contributed by atoms with Crippen molar-refractivity contribution in [3.63, 3.8) is 0 Å². The number of aromatic amines is 1. The maximum atomic E-state index is 12.2. The second-order valence-electron chi connectivity index (χ2n) is 5.75. The molecule has 5 heteroatoms. The summed E-state index contributed by atoms with van der Waals surface area (Å²) in [6, 6.07) is 10.9. The monoisotopic (exact) mass is 324 g/mol. The van der Waals surface area contributed by atoms with E-state index in [9.17, 15) is 9.90 Å². The van der Waals surface area contributed by atoms with Gasteiger partial charge in [0.05, 0.1) is 12.7 Å². The number of benzene rings is 2. The highest BCUT2D eigenvalue weighted by Gasteiger charge is 2.11. The molecule has 1 amide bonds. The fourth-order valence-corrected chi connectivity index (χ4v) is 2.73. The van der Waals surface area contributed by atoms with E-state index in [4.69, 9.17) is 4.74 Å². The minimum absolute atomic E-state index is 0.00401. The number of aromatic hydroxyl groups is 1. The molecule has 0 aliphatic heterocycles. The number of methoxy groups -OCH3 is 1. The van der Waals surface area contributed by atoms with Crippen LogP contribution >= 0.6 is 0 Å². The number of fused-ring (bicyclic) bond motifs is 1. The third kappa shape index (κ3) is 3.20. The number of rotatable bonds is 5. The fourth-order valence-electron chi connectivity index (χ4n) is 2.73. The molecule has 0 unspecified atom stereocenters. The smallest absolute Gasteiger partial charge is 0.255 e. The highest BCUT2D eigenvalue weighted by molar-refractivity contribution is 5.96. The van der Waals surface area contributed by atoms with Gasteiger partial charge in [-0.05, 0) is 54.8 Å². The molecule has 0 atom stereocenters. The zero-order valence-corrected chi connectivity index (χ0v) is 13.7. The highest BCUT2D eigenvalue weighted by Crippen LogP contribution is 2.24. The topological polar surface area (TPSA) is 74.3 Å². The Balaban J connectivity index is 1.67. The molecule has 0 spiro atoms. The number of hydrogen-bond donors (Lipinski definition) is 3. The first kappa shape index (κ1) is 15.9. The summed E-state index contributed by atoms with van der Waals surface area (Å²) in [6.45, 7) is 2.35. The molecule has 0 saturated heterocycles. The number of nitrogens with one attached hydrogen (secondary N) is 2. The quantitative estimate of drug-likeness (QED) is 0.675. The van der Waals surface area contributed by atoms with Crippen LogP contribution in [0.3, 0.4) is 0 Å². The first-order chi connectivity index (χ1) is 11.6. The first-order valence-electron chi connectivity index (χ1n) is 7.80. The number of amides is 1. The second-order valence-corrected chi connectivity index (χ2v) is 5.75. The Morgan fingerprint density at radius 2 is 2.08 bits per heavy atom. The number of carbonyl (C=O) groups excluding carboxylic acids is 1. The van der Waals surface area contributed by atoms with E-state index in [-0.39, 0.29) is 11.7 Å². The van der Waals surface area contributed by atoms with E-state index >= 15 is 0 Å². The molecule has 1 heterocycles. The molecule has 0 fully saturated rings. The van der Waals surface area contributed by atoms with E-state index in [2.05, 4.69) is 10.3 Å². The standard InChI is InChI=1S/C19H20N2O3/c1-12-3-5-15(18(22)9-12)19(23)20-8-7-13-11-21-17-6-4-14(24-2)10-16(13)17/h3-6,9-11,21-22H,7-8H2,1-2H3,(H,20,23). The van der Waals surface area contributed by atoms with Gasteiger partial charge < -0.3 is 20.1 Å². The van der Waals surface area contributed by atoms with Crippen LogP contribution in [-0.4, -0.2) is 29.7 Å². The largest absolute Gasteiger partial charge is 0.507 e. The van der Waals surface area contributed by atoms with E-state index in [0.29, 0.717) is 18.5 Å². The normalized spacial score (nSPS) is 10.8. The molecule has 0 saturated carbocycles. The molecule has 3 aromatic rings. The Hall–Kier alpha value is -2.95. The van der Waals surface area contributed by atoms with Crippen molar-refractivity contribution in [2.24, 2.45) is 0 Å². The molecule has 124 valence electrons. The molecule has 3 rings (SSSR count). The minimum Gasteiger partial charge on any atom is -0.507 e. The van der Waals surface area contributed by atoms with E-state index < -0.39 is 0 Å². The van der Waals surface area contributed by atoms with Crippen LogP contribution in [0, 0.1) is 6.92 Å². The summed E-state index contributed by atoms with van der Waals surface area (Å²) >= 11 is 0. The third-order valence-electron chi connectivity index (χ3n) is 4.05. The van der Waals surface area contributed by atoms with Crippen molar-refractivity contribution in [3.05, 3.63) is 59.3 Å². The first-order valence-corrected chi connectivity index (χ1v) is 7.80. The number of ether oxygens (including phenoxy) is 1. The molecule has 0 aliphatic carbocycles. The summed E-state index contributed by atoms with van der Waals surface area (Å²) in [5.41, 5.74) is 3.35. The van der Waals surface area contributed by atoms with Crippen molar-refractivity contribution in [2.75, 3.05) is 13.7 Å². The van der Waals surface area contributed by atoms with E-state index in [1.54, 1.807) is 25.3 Å². The molecule has 2 aromatic carbocycles. The second kappa shape index (κ2) is 6.66. The number of carbonyl (C=O) groups is 1. The van der Waals surface area contributed by atoms with Crippen LogP contribution < -0.4 is 10.1 Å². The number of aromatic nitrogens is 1. The van der Waals surface area contributed by atoms with Gasteiger partial charge >= 0.3 is 0 Å². The van der Waals surface area contributed by atoms with Gasteiger partial charge in [0.15, 0.2) is 0 Å². The van der Waals surface area contributed by atoms with E-state index in [1.165, 1.54) is 0 Å². The maximum Gasteiger partial charge on any atom is 0.255 e. The van der Waals surface area contributed by atoms with Gasteiger partial charge in [-0.15, -0.1) is 0 Å². The van der Waals surface area contributed by atoms with Crippen molar-refractivity contribution in [2.45, 2.75) is 13.3 Å². The molecule has 0 aliphatic rings. The van der Waals surface area contributed by atoms with Crippen LogP contribution in [-0.2, 0) is 6.42 Å². The summed E-state index contributed by atoms with van der Waals surface area (Å²) in [5.74, 6) is 0.534. The Morgan fingerprint density at radius 1 is 1.25 bits per heavy atom. The molecule has 24 heavy (non-hydrogen) atoms. The molecule has 5 nitrogen and oxygen atoms in total. The van der Waals surface area contributed by atoms with E-state index in [0.717, 1.165) is 27.8 Å². The van der Waals surface area contributed by atoms with Gasteiger partial charge in [0.1, 0.15) is 11.5 Å². The van der Waals surface area contributed by atoms with Crippen molar-refractivity contribution in [3.8, 4) is 11.5 Å².